The van der Waals surface area contributed by atoms with Gasteiger partial charge in [0.1, 0.15) is 17.7 Å². The zero-order chi connectivity index (χ0) is 21.1. The number of hydrogen-bond acceptors (Lipinski definition) is 3. The van der Waals surface area contributed by atoms with E-state index in [9.17, 15) is 4.57 Å². The maximum Gasteiger partial charge on any atom is 0.435 e. The van der Waals surface area contributed by atoms with Crippen LogP contribution in [-0.2, 0) is 21.6 Å². The number of fused-ring (bicyclic) bond motifs is 1. The molecule has 1 atom stereocenters. The summed E-state index contributed by atoms with van der Waals surface area (Å²) in [6.45, 7) is 19.1. The van der Waals surface area contributed by atoms with Gasteiger partial charge in [0.15, 0.2) is 0 Å². The highest BCUT2D eigenvalue weighted by atomic mass is 31.2. The van der Waals surface area contributed by atoms with Gasteiger partial charge in [0.05, 0.1) is 0 Å². The summed E-state index contributed by atoms with van der Waals surface area (Å²) in [6.07, 6.45) is 0.311. The van der Waals surface area contributed by atoms with Gasteiger partial charge in [-0.25, -0.2) is 4.57 Å². The molecule has 0 bridgehead atoms. The highest BCUT2D eigenvalue weighted by Gasteiger charge is 2.40. The fraction of sp³-hybridized carbons (Fsp3) is 0.500. The Morgan fingerprint density at radius 2 is 1.36 bits per heavy atom. The van der Waals surface area contributed by atoms with Crippen molar-refractivity contribution in [2.24, 2.45) is 0 Å². The molecule has 0 fully saturated rings. The molecule has 152 valence electrons. The average molecular weight is 400 g/mol. The van der Waals surface area contributed by atoms with Crippen molar-refractivity contribution in [3.63, 3.8) is 0 Å². The molecular weight excluding hydrogens is 367 g/mol. The van der Waals surface area contributed by atoms with Crippen LogP contribution in [0.5, 0.6) is 11.5 Å². The molecule has 0 spiro atoms. The van der Waals surface area contributed by atoms with Gasteiger partial charge in [-0.15, -0.1) is 0 Å². The monoisotopic (exact) mass is 400 g/mol. The standard InChI is InChI=1S/C24H33O3P/c1-15-10-17(3)21-18(11-15)14-28(25,26-21)27-22-19(23(4,5)6)12-16(2)13-20(22)24(7,8)9/h10-13H,14H2,1-9H3. The second-order valence-corrected chi connectivity index (χ2v) is 12.1. The zero-order valence-corrected chi connectivity index (χ0v) is 19.6. The summed E-state index contributed by atoms with van der Waals surface area (Å²) in [5.41, 5.74) is 6.17. The summed E-state index contributed by atoms with van der Waals surface area (Å²) >= 11 is 0. The lowest BCUT2D eigenvalue weighted by Gasteiger charge is -2.31. The van der Waals surface area contributed by atoms with Crippen molar-refractivity contribution in [2.45, 2.75) is 79.3 Å². The Balaban J connectivity index is 2.12. The summed E-state index contributed by atoms with van der Waals surface area (Å²) < 4.78 is 26.0. The van der Waals surface area contributed by atoms with Gasteiger partial charge in [-0.05, 0) is 37.2 Å². The highest BCUT2D eigenvalue weighted by Crippen LogP contribution is 2.61. The third-order valence-electron chi connectivity index (χ3n) is 5.17. The predicted molar refractivity (Wildman–Crippen MR) is 117 cm³/mol. The molecule has 2 aromatic rings. The molecule has 1 aliphatic heterocycles. The number of rotatable bonds is 2. The lowest BCUT2D eigenvalue weighted by molar-refractivity contribution is 0.383. The molecule has 3 nitrogen and oxygen atoms in total. The van der Waals surface area contributed by atoms with Crippen molar-refractivity contribution in [3.05, 3.63) is 57.6 Å². The molecule has 0 radical (unpaired) electrons. The molecule has 1 unspecified atom stereocenters. The van der Waals surface area contributed by atoms with Gasteiger partial charge in [0, 0.05) is 16.7 Å². The smallest absolute Gasteiger partial charge is 0.415 e. The maximum atomic E-state index is 13.7. The van der Waals surface area contributed by atoms with Crippen molar-refractivity contribution in [2.75, 3.05) is 0 Å². The van der Waals surface area contributed by atoms with Crippen LogP contribution in [0.25, 0.3) is 0 Å². The molecule has 2 aromatic carbocycles. The van der Waals surface area contributed by atoms with E-state index in [0.717, 1.165) is 39.3 Å². The predicted octanol–water partition coefficient (Wildman–Crippen LogP) is 7.37. The first-order chi connectivity index (χ1) is 12.7. The van der Waals surface area contributed by atoms with Crippen molar-refractivity contribution in [3.8, 4) is 11.5 Å². The quantitative estimate of drug-likeness (QED) is 0.494. The van der Waals surface area contributed by atoms with Gasteiger partial charge in [-0.1, -0.05) is 76.9 Å². The van der Waals surface area contributed by atoms with Crippen molar-refractivity contribution in [1.82, 2.24) is 0 Å². The Morgan fingerprint density at radius 3 is 1.86 bits per heavy atom. The van der Waals surface area contributed by atoms with Gasteiger partial charge in [0.25, 0.3) is 0 Å². The molecule has 1 aliphatic rings. The third-order valence-corrected chi connectivity index (χ3v) is 6.82. The first-order valence-electron chi connectivity index (χ1n) is 9.94. The molecule has 3 rings (SSSR count). The van der Waals surface area contributed by atoms with E-state index in [1.54, 1.807) is 0 Å². The number of benzene rings is 2. The largest absolute Gasteiger partial charge is 0.435 e. The molecule has 0 aliphatic carbocycles. The minimum absolute atomic E-state index is 0.139. The van der Waals surface area contributed by atoms with Gasteiger partial charge in [0.2, 0.25) is 0 Å². The first kappa shape index (κ1) is 21.0. The van der Waals surface area contributed by atoms with Crippen LogP contribution >= 0.6 is 7.60 Å². The minimum Gasteiger partial charge on any atom is -0.415 e. The second kappa shape index (κ2) is 6.66. The molecule has 28 heavy (non-hydrogen) atoms. The van der Waals surface area contributed by atoms with Crippen LogP contribution in [0.2, 0.25) is 0 Å². The van der Waals surface area contributed by atoms with Gasteiger partial charge < -0.3 is 9.05 Å². The van der Waals surface area contributed by atoms with E-state index in [1.807, 2.05) is 13.8 Å². The van der Waals surface area contributed by atoms with Crippen molar-refractivity contribution < 1.29 is 13.6 Å². The van der Waals surface area contributed by atoms with Crippen LogP contribution < -0.4 is 9.05 Å². The van der Waals surface area contributed by atoms with Gasteiger partial charge in [-0.2, -0.15) is 0 Å². The Bertz CT molecular complexity index is 940. The van der Waals surface area contributed by atoms with Crippen molar-refractivity contribution in [1.29, 1.82) is 0 Å². The van der Waals surface area contributed by atoms with E-state index < -0.39 is 7.60 Å². The molecule has 0 saturated heterocycles. The molecule has 1 heterocycles. The van der Waals surface area contributed by atoms with Crippen LogP contribution in [-0.4, -0.2) is 0 Å². The summed E-state index contributed by atoms with van der Waals surface area (Å²) in [7, 11) is -3.33. The summed E-state index contributed by atoms with van der Waals surface area (Å²) in [5.74, 6) is 1.44. The molecule has 0 aromatic heterocycles. The third kappa shape index (κ3) is 4.01. The van der Waals surface area contributed by atoms with Gasteiger partial charge in [-0.3, -0.25) is 0 Å². The Kier molecular flexibility index (Phi) is 4.99. The van der Waals surface area contributed by atoms with Crippen molar-refractivity contribution >= 4 is 7.60 Å². The maximum absolute atomic E-state index is 13.7. The fourth-order valence-corrected chi connectivity index (χ4v) is 5.68. The van der Waals surface area contributed by atoms with Crippen LogP contribution in [0.3, 0.4) is 0 Å². The number of aryl methyl sites for hydroxylation is 3. The topological polar surface area (TPSA) is 35.5 Å². The highest BCUT2D eigenvalue weighted by molar-refractivity contribution is 7.54. The Hall–Kier alpha value is -1.73. The van der Waals surface area contributed by atoms with E-state index in [1.165, 1.54) is 5.56 Å². The minimum atomic E-state index is -3.33. The lowest BCUT2D eigenvalue weighted by Crippen LogP contribution is -2.20. The molecule has 0 amide bonds. The Morgan fingerprint density at radius 1 is 0.857 bits per heavy atom. The fourth-order valence-electron chi connectivity index (χ4n) is 3.85. The van der Waals surface area contributed by atoms with Crippen LogP contribution in [0.15, 0.2) is 24.3 Å². The normalized spacial score (nSPS) is 19.3. The molecule has 4 heteroatoms. The van der Waals surface area contributed by atoms with E-state index in [2.05, 4.69) is 72.7 Å². The molecule has 0 N–H and O–H groups in total. The lowest BCUT2D eigenvalue weighted by atomic mass is 9.78. The second-order valence-electron chi connectivity index (χ2n) is 10.2. The van der Waals surface area contributed by atoms with Gasteiger partial charge >= 0.3 is 7.60 Å². The zero-order valence-electron chi connectivity index (χ0n) is 18.7. The average Bonchev–Trinajstić information content (AvgIpc) is 2.83. The van der Waals surface area contributed by atoms with Crippen LogP contribution in [0.4, 0.5) is 0 Å². The number of hydrogen-bond donors (Lipinski definition) is 0. The molecule has 0 saturated carbocycles. The van der Waals surface area contributed by atoms with Crippen LogP contribution in [0, 0.1) is 20.8 Å². The van der Waals surface area contributed by atoms with E-state index in [0.29, 0.717) is 6.16 Å². The summed E-state index contributed by atoms with van der Waals surface area (Å²) in [5, 5.41) is 0. The molecular formula is C24H33O3P. The van der Waals surface area contributed by atoms with E-state index in [4.69, 9.17) is 9.05 Å². The van der Waals surface area contributed by atoms with Crippen LogP contribution in [0.1, 0.15) is 74.9 Å². The van der Waals surface area contributed by atoms with E-state index >= 15 is 0 Å². The first-order valence-corrected chi connectivity index (χ1v) is 11.7. The Labute approximate surface area is 170 Å². The van der Waals surface area contributed by atoms with E-state index in [-0.39, 0.29) is 10.8 Å². The SMILES string of the molecule is Cc1cc(C)c2c(c1)CP(=O)(Oc1c(C(C)(C)C)cc(C)cc1C(C)(C)C)O2. The summed E-state index contributed by atoms with van der Waals surface area (Å²) in [4.78, 5) is 0. The summed E-state index contributed by atoms with van der Waals surface area (Å²) in [6, 6.07) is 8.40.